The van der Waals surface area contributed by atoms with Crippen LogP contribution in [0.5, 0.6) is 0 Å². The first-order valence-electron chi connectivity index (χ1n) is 5.17. The molecule has 0 heterocycles. The second kappa shape index (κ2) is 5.34. The maximum absolute atomic E-state index is 11.9. The number of benzene rings is 1. The minimum absolute atomic E-state index is 0.126. The van der Waals surface area contributed by atoms with E-state index < -0.39 is 6.09 Å². The molecule has 5 heteroatoms. The Morgan fingerprint density at radius 3 is 2.29 bits per heavy atom. The number of amides is 2. The van der Waals surface area contributed by atoms with Gasteiger partial charge in [-0.05, 0) is 11.6 Å². The molecule has 1 rings (SSSR count). The molecule has 0 atom stereocenters. The van der Waals surface area contributed by atoms with Crippen LogP contribution < -0.4 is 0 Å². The van der Waals surface area contributed by atoms with Crippen LogP contribution in [0, 0.1) is 0 Å². The van der Waals surface area contributed by atoms with Gasteiger partial charge in [0.15, 0.2) is 0 Å². The molecule has 17 heavy (non-hydrogen) atoms. The highest BCUT2D eigenvalue weighted by atomic mass is 16.4. The van der Waals surface area contributed by atoms with E-state index in [-0.39, 0.29) is 12.5 Å². The molecular formula is C12H16N2O3. The molecule has 0 aliphatic heterocycles. The van der Waals surface area contributed by atoms with E-state index in [1.54, 1.807) is 38.4 Å². The van der Waals surface area contributed by atoms with E-state index in [2.05, 4.69) is 0 Å². The SMILES string of the molecule is CN(C)C(=O)c1ccccc1CN(C)C(=O)O. The zero-order chi connectivity index (χ0) is 13.0. The number of hydrogen-bond donors (Lipinski definition) is 1. The highest BCUT2D eigenvalue weighted by molar-refractivity contribution is 5.95. The lowest BCUT2D eigenvalue weighted by molar-refractivity contribution is 0.0825. The Labute approximate surface area is 100 Å². The smallest absolute Gasteiger partial charge is 0.407 e. The number of hydrogen-bond acceptors (Lipinski definition) is 2. The summed E-state index contributed by atoms with van der Waals surface area (Å²) in [4.78, 5) is 25.2. The summed E-state index contributed by atoms with van der Waals surface area (Å²) in [5.41, 5.74) is 1.24. The summed E-state index contributed by atoms with van der Waals surface area (Å²) in [6.45, 7) is 0.199. The van der Waals surface area contributed by atoms with Gasteiger partial charge >= 0.3 is 6.09 Å². The summed E-state index contributed by atoms with van der Waals surface area (Å²) in [5.74, 6) is -0.126. The Kier molecular flexibility index (Phi) is 4.09. The van der Waals surface area contributed by atoms with Gasteiger partial charge in [-0.3, -0.25) is 4.79 Å². The van der Waals surface area contributed by atoms with Crippen LogP contribution in [0.2, 0.25) is 0 Å². The van der Waals surface area contributed by atoms with Crippen molar-refractivity contribution in [3.8, 4) is 0 Å². The van der Waals surface area contributed by atoms with Crippen LogP contribution in [0.3, 0.4) is 0 Å². The number of carbonyl (C=O) groups excluding carboxylic acids is 1. The normalized spacial score (nSPS) is 9.82. The average molecular weight is 236 g/mol. The number of carbonyl (C=O) groups is 2. The van der Waals surface area contributed by atoms with Crippen LogP contribution >= 0.6 is 0 Å². The molecule has 0 spiro atoms. The van der Waals surface area contributed by atoms with Crippen molar-refractivity contribution in [3.63, 3.8) is 0 Å². The van der Waals surface area contributed by atoms with Gasteiger partial charge in [-0.15, -0.1) is 0 Å². The Morgan fingerprint density at radius 1 is 1.18 bits per heavy atom. The van der Waals surface area contributed by atoms with E-state index in [0.717, 1.165) is 4.90 Å². The van der Waals surface area contributed by atoms with Gasteiger partial charge in [0.25, 0.3) is 5.91 Å². The summed E-state index contributed by atoms with van der Waals surface area (Å²) in [7, 11) is 4.80. The molecule has 0 aliphatic carbocycles. The largest absolute Gasteiger partial charge is 0.465 e. The highest BCUT2D eigenvalue weighted by Gasteiger charge is 2.15. The van der Waals surface area contributed by atoms with E-state index in [0.29, 0.717) is 11.1 Å². The topological polar surface area (TPSA) is 60.9 Å². The van der Waals surface area contributed by atoms with Crippen molar-refractivity contribution in [1.29, 1.82) is 0 Å². The van der Waals surface area contributed by atoms with Crippen molar-refractivity contribution in [3.05, 3.63) is 35.4 Å². The maximum atomic E-state index is 11.9. The lowest BCUT2D eigenvalue weighted by Crippen LogP contribution is -2.27. The van der Waals surface area contributed by atoms with Crippen LogP contribution in [-0.4, -0.2) is 48.0 Å². The van der Waals surface area contributed by atoms with Gasteiger partial charge < -0.3 is 14.9 Å². The quantitative estimate of drug-likeness (QED) is 0.865. The first kappa shape index (κ1) is 13.0. The molecule has 0 radical (unpaired) electrons. The molecule has 5 nitrogen and oxygen atoms in total. The molecule has 1 aromatic carbocycles. The van der Waals surface area contributed by atoms with Crippen LogP contribution in [0.25, 0.3) is 0 Å². The zero-order valence-electron chi connectivity index (χ0n) is 10.2. The molecule has 0 bridgehead atoms. The van der Waals surface area contributed by atoms with Crippen LogP contribution in [0.1, 0.15) is 15.9 Å². The molecule has 92 valence electrons. The molecule has 0 saturated carbocycles. The summed E-state index contributed by atoms with van der Waals surface area (Å²) in [6, 6.07) is 7.02. The second-order valence-electron chi connectivity index (χ2n) is 4.00. The van der Waals surface area contributed by atoms with Gasteiger partial charge in [0.1, 0.15) is 0 Å². The summed E-state index contributed by atoms with van der Waals surface area (Å²) in [6.07, 6.45) is -1.02. The Balaban J connectivity index is 3.00. The fraction of sp³-hybridized carbons (Fsp3) is 0.333. The van der Waals surface area contributed by atoms with E-state index in [1.165, 1.54) is 11.9 Å². The minimum atomic E-state index is -1.02. The van der Waals surface area contributed by atoms with E-state index in [9.17, 15) is 9.59 Å². The minimum Gasteiger partial charge on any atom is -0.465 e. The predicted octanol–water partition coefficient (Wildman–Crippen LogP) is 1.50. The Morgan fingerprint density at radius 2 is 1.76 bits per heavy atom. The molecule has 0 saturated heterocycles. The lowest BCUT2D eigenvalue weighted by Gasteiger charge is -2.17. The predicted molar refractivity (Wildman–Crippen MR) is 64.0 cm³/mol. The van der Waals surface area contributed by atoms with Crippen molar-refractivity contribution in [1.82, 2.24) is 9.80 Å². The Bertz CT molecular complexity index is 430. The van der Waals surface area contributed by atoms with Crippen molar-refractivity contribution >= 4 is 12.0 Å². The van der Waals surface area contributed by atoms with E-state index in [1.807, 2.05) is 0 Å². The first-order valence-corrected chi connectivity index (χ1v) is 5.17. The van der Waals surface area contributed by atoms with Gasteiger partial charge in [-0.2, -0.15) is 0 Å². The summed E-state index contributed by atoms with van der Waals surface area (Å²) >= 11 is 0. The number of carboxylic acid groups (broad SMARTS) is 1. The van der Waals surface area contributed by atoms with E-state index >= 15 is 0 Å². The van der Waals surface area contributed by atoms with Gasteiger partial charge in [-0.25, -0.2) is 4.79 Å². The third-order valence-corrected chi connectivity index (χ3v) is 2.39. The van der Waals surface area contributed by atoms with Crippen molar-refractivity contribution in [2.24, 2.45) is 0 Å². The van der Waals surface area contributed by atoms with Crippen molar-refractivity contribution in [2.45, 2.75) is 6.54 Å². The summed E-state index contributed by atoms with van der Waals surface area (Å²) < 4.78 is 0. The standard InChI is InChI=1S/C12H16N2O3/c1-13(2)11(15)10-7-5-4-6-9(10)8-14(3)12(16)17/h4-7H,8H2,1-3H3,(H,16,17). The maximum Gasteiger partial charge on any atom is 0.407 e. The molecule has 0 unspecified atom stereocenters. The highest BCUT2D eigenvalue weighted by Crippen LogP contribution is 2.12. The first-order chi connectivity index (χ1) is 7.93. The molecule has 0 aromatic heterocycles. The van der Waals surface area contributed by atoms with Gasteiger partial charge in [0, 0.05) is 33.3 Å². The Hall–Kier alpha value is -2.04. The fourth-order valence-electron chi connectivity index (χ4n) is 1.43. The van der Waals surface area contributed by atoms with Gasteiger partial charge in [0.2, 0.25) is 0 Å². The monoisotopic (exact) mass is 236 g/mol. The number of rotatable bonds is 3. The van der Waals surface area contributed by atoms with Crippen LogP contribution in [0.4, 0.5) is 4.79 Å². The molecule has 0 fully saturated rings. The third kappa shape index (κ3) is 3.21. The molecule has 1 aromatic rings. The fourth-order valence-corrected chi connectivity index (χ4v) is 1.43. The van der Waals surface area contributed by atoms with Crippen LogP contribution in [-0.2, 0) is 6.54 Å². The molecule has 2 amide bonds. The molecule has 0 aliphatic rings. The summed E-state index contributed by atoms with van der Waals surface area (Å²) in [5, 5.41) is 8.81. The van der Waals surface area contributed by atoms with E-state index in [4.69, 9.17) is 5.11 Å². The van der Waals surface area contributed by atoms with Gasteiger partial charge in [0.05, 0.1) is 0 Å². The lowest BCUT2D eigenvalue weighted by atomic mass is 10.1. The zero-order valence-corrected chi connectivity index (χ0v) is 10.2. The number of nitrogens with zero attached hydrogens (tertiary/aromatic N) is 2. The average Bonchev–Trinajstić information content (AvgIpc) is 2.28. The van der Waals surface area contributed by atoms with Gasteiger partial charge in [-0.1, -0.05) is 18.2 Å². The van der Waals surface area contributed by atoms with Crippen molar-refractivity contribution in [2.75, 3.05) is 21.1 Å². The molecule has 1 N–H and O–H groups in total. The molecular weight excluding hydrogens is 220 g/mol. The third-order valence-electron chi connectivity index (χ3n) is 2.39. The second-order valence-corrected chi connectivity index (χ2v) is 4.00. The van der Waals surface area contributed by atoms with Crippen LogP contribution in [0.15, 0.2) is 24.3 Å². The van der Waals surface area contributed by atoms with Crippen molar-refractivity contribution < 1.29 is 14.7 Å².